The largest absolute Gasteiger partial charge is 0.492 e. The Kier molecular flexibility index (Phi) is 9.20. The number of amides is 2. The fourth-order valence-corrected chi connectivity index (χ4v) is 4.22. The summed E-state index contributed by atoms with van der Waals surface area (Å²) >= 11 is 0. The van der Waals surface area contributed by atoms with E-state index in [4.69, 9.17) is 14.2 Å². The van der Waals surface area contributed by atoms with Crippen molar-refractivity contribution in [3.63, 3.8) is 0 Å². The summed E-state index contributed by atoms with van der Waals surface area (Å²) < 4.78 is 17.3. The van der Waals surface area contributed by atoms with Gasteiger partial charge in [-0.05, 0) is 40.9 Å². The van der Waals surface area contributed by atoms with Crippen molar-refractivity contribution in [2.45, 2.75) is 26.7 Å². The summed E-state index contributed by atoms with van der Waals surface area (Å²) in [7, 11) is 4.03. The lowest BCUT2D eigenvalue weighted by Gasteiger charge is -2.31. The van der Waals surface area contributed by atoms with Crippen molar-refractivity contribution in [1.29, 1.82) is 0 Å². The van der Waals surface area contributed by atoms with E-state index in [1.807, 2.05) is 40.1 Å². The van der Waals surface area contributed by atoms with E-state index < -0.39 is 0 Å². The van der Waals surface area contributed by atoms with Crippen molar-refractivity contribution in [2.75, 3.05) is 83.5 Å². The molecule has 0 radical (unpaired) electrons. The minimum Gasteiger partial charge on any atom is -0.492 e. The van der Waals surface area contributed by atoms with Crippen molar-refractivity contribution in [2.24, 2.45) is 5.92 Å². The zero-order valence-corrected chi connectivity index (χ0v) is 20.4. The third-order valence-electron chi connectivity index (χ3n) is 5.89. The van der Waals surface area contributed by atoms with E-state index in [2.05, 4.69) is 15.1 Å². The zero-order chi connectivity index (χ0) is 23.8. The van der Waals surface area contributed by atoms with Gasteiger partial charge in [0.15, 0.2) is 0 Å². The third kappa shape index (κ3) is 6.74. The Balaban J connectivity index is 1.74. The number of ether oxygens (including phenoxy) is 3. The molecule has 2 fully saturated rings. The Hall–Kier alpha value is -2.52. The van der Waals surface area contributed by atoms with E-state index in [-0.39, 0.29) is 24.2 Å². The summed E-state index contributed by atoms with van der Waals surface area (Å²) in [4.78, 5) is 31.6. The molecule has 1 aromatic rings. The summed E-state index contributed by atoms with van der Waals surface area (Å²) in [6.45, 7) is 9.73. The van der Waals surface area contributed by atoms with Crippen LogP contribution in [0.25, 0.3) is 0 Å². The van der Waals surface area contributed by atoms with Gasteiger partial charge < -0.3 is 34.2 Å². The van der Waals surface area contributed by atoms with Crippen molar-refractivity contribution in [1.82, 2.24) is 9.80 Å². The topological polar surface area (TPSA) is 83.6 Å². The van der Waals surface area contributed by atoms with Crippen LogP contribution in [-0.2, 0) is 14.3 Å². The van der Waals surface area contributed by atoms with Gasteiger partial charge in [0.2, 0.25) is 11.8 Å². The van der Waals surface area contributed by atoms with E-state index in [1.54, 1.807) is 4.90 Å². The number of hydrogen-bond donors (Lipinski definition) is 1. The highest BCUT2D eigenvalue weighted by Gasteiger charge is 2.34. The van der Waals surface area contributed by atoms with Crippen molar-refractivity contribution in [3.05, 3.63) is 12.1 Å². The second-order valence-corrected chi connectivity index (χ2v) is 8.67. The van der Waals surface area contributed by atoms with E-state index in [0.717, 1.165) is 31.7 Å². The molecule has 1 aromatic carbocycles. The van der Waals surface area contributed by atoms with Crippen LogP contribution >= 0.6 is 0 Å². The Labute approximate surface area is 196 Å². The van der Waals surface area contributed by atoms with Gasteiger partial charge in [-0.1, -0.05) is 0 Å². The van der Waals surface area contributed by atoms with Crippen LogP contribution in [0.5, 0.6) is 11.5 Å². The number of morpholine rings is 1. The van der Waals surface area contributed by atoms with Crippen LogP contribution in [0.1, 0.15) is 26.7 Å². The number of rotatable bonds is 11. The fourth-order valence-electron chi connectivity index (χ4n) is 4.22. The highest BCUT2D eigenvalue weighted by Crippen LogP contribution is 2.39. The van der Waals surface area contributed by atoms with Crippen LogP contribution in [-0.4, -0.2) is 94.9 Å². The van der Waals surface area contributed by atoms with E-state index in [0.29, 0.717) is 56.7 Å². The Bertz CT molecular complexity index is 810. The smallest absolute Gasteiger partial charge is 0.229 e. The predicted octanol–water partition coefficient (Wildman–Crippen LogP) is 2.06. The number of hydrogen-bond acceptors (Lipinski definition) is 7. The lowest BCUT2D eigenvalue weighted by molar-refractivity contribution is -0.128. The summed E-state index contributed by atoms with van der Waals surface area (Å²) in [6, 6.07) is 3.77. The van der Waals surface area contributed by atoms with Crippen molar-refractivity contribution < 1.29 is 23.8 Å². The highest BCUT2D eigenvalue weighted by molar-refractivity contribution is 5.98. The Morgan fingerprint density at radius 1 is 1.15 bits per heavy atom. The third-order valence-corrected chi connectivity index (χ3v) is 5.89. The molecule has 1 unspecified atom stereocenters. The average Bonchev–Trinajstić information content (AvgIpc) is 3.16. The van der Waals surface area contributed by atoms with E-state index in [9.17, 15) is 9.59 Å². The Morgan fingerprint density at radius 2 is 1.85 bits per heavy atom. The molecule has 33 heavy (non-hydrogen) atoms. The van der Waals surface area contributed by atoms with Crippen LogP contribution in [0.15, 0.2) is 12.1 Å². The maximum absolute atomic E-state index is 13.1. The molecule has 9 heteroatoms. The normalized spacial score (nSPS) is 18.7. The van der Waals surface area contributed by atoms with E-state index >= 15 is 0 Å². The lowest BCUT2D eigenvalue weighted by Crippen LogP contribution is -2.36. The van der Waals surface area contributed by atoms with Gasteiger partial charge in [-0.25, -0.2) is 0 Å². The first-order valence-corrected chi connectivity index (χ1v) is 11.9. The summed E-state index contributed by atoms with van der Waals surface area (Å²) in [6.07, 6.45) is 1.13. The van der Waals surface area contributed by atoms with Gasteiger partial charge in [-0.2, -0.15) is 0 Å². The lowest BCUT2D eigenvalue weighted by atomic mass is 10.1. The molecule has 2 amide bonds. The number of carbonyl (C=O) groups is 2. The fraction of sp³-hybridized carbons (Fsp3) is 0.667. The number of nitrogens with zero attached hydrogens (tertiary/aromatic N) is 3. The molecule has 9 nitrogen and oxygen atoms in total. The standard InChI is InChI=1S/C24H38N4O5/c1-5-32-21-16-20(27-10-12-31-13-11-27)22(33-6-2)15-19(21)25-24(30)18-14-23(29)28(17-18)9-7-8-26(3)4/h15-16,18H,5-14,17H2,1-4H3,(H,25,30). The van der Waals surface area contributed by atoms with Gasteiger partial charge in [-0.15, -0.1) is 0 Å². The van der Waals surface area contributed by atoms with Gasteiger partial charge >= 0.3 is 0 Å². The summed E-state index contributed by atoms with van der Waals surface area (Å²) in [5, 5.41) is 3.01. The maximum atomic E-state index is 13.1. The van der Waals surface area contributed by atoms with Crippen LogP contribution in [0.2, 0.25) is 0 Å². The van der Waals surface area contributed by atoms with Gasteiger partial charge in [0, 0.05) is 44.7 Å². The van der Waals surface area contributed by atoms with Crippen molar-refractivity contribution >= 4 is 23.2 Å². The molecule has 0 saturated carbocycles. The quantitative estimate of drug-likeness (QED) is 0.539. The number of benzene rings is 1. The van der Waals surface area contributed by atoms with E-state index in [1.165, 1.54) is 0 Å². The van der Waals surface area contributed by atoms with Crippen LogP contribution in [0.4, 0.5) is 11.4 Å². The second kappa shape index (κ2) is 12.1. The van der Waals surface area contributed by atoms with Crippen LogP contribution in [0, 0.1) is 5.92 Å². The van der Waals surface area contributed by atoms with Crippen LogP contribution in [0.3, 0.4) is 0 Å². The zero-order valence-electron chi connectivity index (χ0n) is 20.4. The molecule has 2 aliphatic heterocycles. The monoisotopic (exact) mass is 462 g/mol. The predicted molar refractivity (Wildman–Crippen MR) is 128 cm³/mol. The SMILES string of the molecule is CCOc1cc(N2CCOCC2)c(OCC)cc1NC(=O)C1CC(=O)N(CCCN(C)C)C1. The van der Waals surface area contributed by atoms with Crippen molar-refractivity contribution in [3.8, 4) is 11.5 Å². The molecule has 0 spiro atoms. The van der Waals surface area contributed by atoms with Gasteiger partial charge in [0.25, 0.3) is 0 Å². The Morgan fingerprint density at radius 3 is 2.52 bits per heavy atom. The maximum Gasteiger partial charge on any atom is 0.229 e. The van der Waals surface area contributed by atoms with Gasteiger partial charge in [0.05, 0.1) is 43.7 Å². The molecule has 2 aliphatic rings. The molecule has 1 N–H and O–H groups in total. The highest BCUT2D eigenvalue weighted by atomic mass is 16.5. The number of anilines is 2. The molecule has 0 bridgehead atoms. The minimum atomic E-state index is -0.374. The molecular formula is C24H38N4O5. The molecule has 184 valence electrons. The average molecular weight is 463 g/mol. The first-order chi connectivity index (χ1) is 15.9. The number of nitrogens with one attached hydrogen (secondary N) is 1. The first kappa shape index (κ1) is 25.1. The minimum absolute atomic E-state index is 0.0385. The molecular weight excluding hydrogens is 424 g/mol. The van der Waals surface area contributed by atoms with Gasteiger partial charge in [-0.3, -0.25) is 9.59 Å². The molecule has 1 atom stereocenters. The van der Waals surface area contributed by atoms with Gasteiger partial charge in [0.1, 0.15) is 11.5 Å². The first-order valence-electron chi connectivity index (χ1n) is 11.9. The number of likely N-dealkylation sites (tertiary alicyclic amines) is 1. The molecule has 0 aliphatic carbocycles. The van der Waals surface area contributed by atoms with Crippen LogP contribution < -0.4 is 19.7 Å². The molecule has 2 saturated heterocycles. The molecule has 3 rings (SSSR count). The number of carbonyl (C=O) groups excluding carboxylic acids is 2. The molecule has 0 aromatic heterocycles. The second-order valence-electron chi connectivity index (χ2n) is 8.67. The molecule has 2 heterocycles. The summed E-state index contributed by atoms with van der Waals surface area (Å²) in [5.74, 6) is 0.798. The summed E-state index contributed by atoms with van der Waals surface area (Å²) in [5.41, 5.74) is 1.51.